The molecule has 0 saturated carbocycles. The predicted molar refractivity (Wildman–Crippen MR) is 66.5 cm³/mol. The van der Waals surface area contributed by atoms with Gasteiger partial charge in [-0.2, -0.15) is 0 Å². The molecule has 92 valence electrons. The zero-order valence-electron chi connectivity index (χ0n) is 10.1. The summed E-state index contributed by atoms with van der Waals surface area (Å²) >= 11 is 0. The van der Waals surface area contributed by atoms with E-state index in [9.17, 15) is 5.11 Å². The quantitative estimate of drug-likeness (QED) is 0.872. The first-order valence-electron chi connectivity index (χ1n) is 5.97. The van der Waals surface area contributed by atoms with Gasteiger partial charge in [0.25, 0.3) is 0 Å². The van der Waals surface area contributed by atoms with Crippen molar-refractivity contribution in [2.45, 2.75) is 19.4 Å². The molecule has 0 amide bonds. The smallest absolute Gasteiger partial charge is 0.161 e. The summed E-state index contributed by atoms with van der Waals surface area (Å²) in [7, 11) is 0. The summed E-state index contributed by atoms with van der Waals surface area (Å²) in [5.74, 6) is 1.19. The zero-order valence-corrected chi connectivity index (χ0v) is 10.1. The highest BCUT2D eigenvalue weighted by molar-refractivity contribution is 5.46. The Balaban J connectivity index is 2.00. The number of hydrogen-bond donors (Lipinski definition) is 1. The van der Waals surface area contributed by atoms with Crippen LogP contribution in [-0.4, -0.2) is 21.7 Å². The lowest BCUT2D eigenvalue weighted by atomic mass is 10.0. The van der Waals surface area contributed by atoms with Gasteiger partial charge in [0.05, 0.1) is 6.61 Å². The van der Waals surface area contributed by atoms with Crippen LogP contribution in [0.4, 0.5) is 0 Å². The van der Waals surface area contributed by atoms with Gasteiger partial charge >= 0.3 is 0 Å². The highest BCUT2D eigenvalue weighted by Gasteiger charge is 2.23. The molecule has 0 saturated heterocycles. The molecule has 4 heteroatoms. The fourth-order valence-electron chi connectivity index (χ4n) is 2.14. The van der Waals surface area contributed by atoms with E-state index in [-0.39, 0.29) is 0 Å². The van der Waals surface area contributed by atoms with Gasteiger partial charge in [-0.05, 0) is 18.1 Å². The van der Waals surface area contributed by atoms with E-state index in [0.29, 0.717) is 12.4 Å². The molecule has 1 aliphatic heterocycles. The van der Waals surface area contributed by atoms with Gasteiger partial charge < -0.3 is 9.84 Å². The molecule has 18 heavy (non-hydrogen) atoms. The van der Waals surface area contributed by atoms with Crippen LogP contribution in [0, 0.1) is 6.92 Å². The monoisotopic (exact) mass is 242 g/mol. The number of benzene rings is 1. The molecule has 1 unspecified atom stereocenters. The summed E-state index contributed by atoms with van der Waals surface area (Å²) in [6.07, 6.45) is 3.47. The number of aliphatic hydroxyl groups is 1. The summed E-state index contributed by atoms with van der Waals surface area (Å²) in [4.78, 5) is 8.33. The van der Waals surface area contributed by atoms with Crippen LogP contribution in [0.5, 0.6) is 5.75 Å². The van der Waals surface area contributed by atoms with Crippen LogP contribution in [0.25, 0.3) is 0 Å². The second-order valence-electron chi connectivity index (χ2n) is 4.46. The maximum Gasteiger partial charge on any atom is 0.161 e. The van der Waals surface area contributed by atoms with Crippen LogP contribution in [0.2, 0.25) is 0 Å². The predicted octanol–water partition coefficient (Wildman–Crippen LogP) is 1.80. The molecule has 3 rings (SSSR count). The van der Waals surface area contributed by atoms with Crippen LogP contribution < -0.4 is 4.74 Å². The van der Waals surface area contributed by atoms with Crippen LogP contribution in [-0.2, 0) is 6.42 Å². The minimum absolute atomic E-state index is 0.407. The third-order valence-electron chi connectivity index (χ3n) is 3.08. The number of para-hydroxylation sites is 1. The van der Waals surface area contributed by atoms with Crippen LogP contribution in [0.1, 0.15) is 28.6 Å². The first-order valence-corrected chi connectivity index (χ1v) is 5.97. The highest BCUT2D eigenvalue weighted by Crippen LogP contribution is 2.34. The number of nitrogens with zero attached hydrogens (tertiary/aromatic N) is 2. The summed E-state index contributed by atoms with van der Waals surface area (Å²) in [6, 6.07) is 5.81. The molecule has 0 bridgehead atoms. The van der Waals surface area contributed by atoms with Crippen molar-refractivity contribution in [3.05, 3.63) is 53.1 Å². The minimum Gasteiger partial charge on any atom is -0.493 e. The molecule has 0 fully saturated rings. The van der Waals surface area contributed by atoms with Gasteiger partial charge in [-0.25, -0.2) is 9.97 Å². The van der Waals surface area contributed by atoms with Crippen molar-refractivity contribution in [3.63, 3.8) is 0 Å². The Morgan fingerprint density at radius 2 is 2.06 bits per heavy atom. The van der Waals surface area contributed by atoms with E-state index in [4.69, 9.17) is 4.74 Å². The minimum atomic E-state index is -0.835. The molecular weight excluding hydrogens is 228 g/mol. The third kappa shape index (κ3) is 1.84. The van der Waals surface area contributed by atoms with Crippen molar-refractivity contribution in [3.8, 4) is 5.75 Å². The van der Waals surface area contributed by atoms with Crippen LogP contribution in [0.3, 0.4) is 0 Å². The fourth-order valence-corrected chi connectivity index (χ4v) is 2.14. The lowest BCUT2D eigenvalue weighted by molar-refractivity contribution is 0.203. The molecular formula is C14H14N2O2. The average Bonchev–Trinajstić information content (AvgIpc) is 2.87. The molecule has 2 heterocycles. The van der Waals surface area contributed by atoms with Gasteiger partial charge in [0.15, 0.2) is 5.82 Å². The van der Waals surface area contributed by atoms with E-state index in [1.165, 1.54) is 0 Å². The third-order valence-corrected chi connectivity index (χ3v) is 3.08. The van der Waals surface area contributed by atoms with Crippen LogP contribution in [0.15, 0.2) is 30.6 Å². The van der Waals surface area contributed by atoms with Crippen molar-refractivity contribution in [1.82, 2.24) is 9.97 Å². The lowest BCUT2D eigenvalue weighted by Crippen LogP contribution is -2.06. The Kier molecular flexibility index (Phi) is 2.72. The normalized spacial score (nSPS) is 15.0. The van der Waals surface area contributed by atoms with E-state index < -0.39 is 6.10 Å². The van der Waals surface area contributed by atoms with Gasteiger partial charge in [-0.3, -0.25) is 0 Å². The summed E-state index contributed by atoms with van der Waals surface area (Å²) < 4.78 is 5.58. The number of rotatable bonds is 2. The van der Waals surface area contributed by atoms with E-state index in [1.54, 1.807) is 12.4 Å². The van der Waals surface area contributed by atoms with E-state index in [1.807, 2.05) is 25.1 Å². The Bertz CT molecular complexity index is 567. The Labute approximate surface area is 105 Å². The topological polar surface area (TPSA) is 55.2 Å². The van der Waals surface area contributed by atoms with Gasteiger partial charge in [0.2, 0.25) is 0 Å². The Hall–Kier alpha value is -1.94. The van der Waals surface area contributed by atoms with Gasteiger partial charge in [0, 0.05) is 24.4 Å². The molecule has 4 nitrogen and oxygen atoms in total. The summed E-state index contributed by atoms with van der Waals surface area (Å²) in [5.41, 5.74) is 2.85. The summed E-state index contributed by atoms with van der Waals surface area (Å²) in [6.45, 7) is 2.59. The van der Waals surface area contributed by atoms with E-state index in [2.05, 4.69) is 9.97 Å². The molecule has 1 N–H and O–H groups in total. The van der Waals surface area contributed by atoms with E-state index >= 15 is 0 Å². The largest absolute Gasteiger partial charge is 0.493 e. The first kappa shape index (κ1) is 11.2. The van der Waals surface area contributed by atoms with Gasteiger partial charge in [-0.15, -0.1) is 0 Å². The number of fused-ring (bicyclic) bond motifs is 1. The highest BCUT2D eigenvalue weighted by atomic mass is 16.5. The SMILES string of the molecule is Cc1cnc(C(O)c2cccc3c2OCC3)nc1. The van der Waals surface area contributed by atoms with Crippen molar-refractivity contribution < 1.29 is 9.84 Å². The van der Waals surface area contributed by atoms with Crippen molar-refractivity contribution in [2.75, 3.05) is 6.61 Å². The Morgan fingerprint density at radius 1 is 1.28 bits per heavy atom. The standard InChI is InChI=1S/C14H14N2O2/c1-9-7-15-14(16-8-9)12(17)11-4-2-3-10-5-6-18-13(10)11/h2-4,7-8,12,17H,5-6H2,1H3. The molecule has 0 aliphatic carbocycles. The number of aryl methyl sites for hydroxylation is 1. The van der Waals surface area contributed by atoms with Crippen LogP contribution >= 0.6 is 0 Å². The second-order valence-corrected chi connectivity index (χ2v) is 4.46. The lowest BCUT2D eigenvalue weighted by Gasteiger charge is -2.13. The Morgan fingerprint density at radius 3 is 2.83 bits per heavy atom. The average molecular weight is 242 g/mol. The molecule has 0 radical (unpaired) electrons. The molecule has 0 spiro atoms. The molecule has 1 aromatic carbocycles. The maximum absolute atomic E-state index is 10.3. The maximum atomic E-state index is 10.3. The number of ether oxygens (including phenoxy) is 1. The molecule has 1 aliphatic rings. The van der Waals surface area contributed by atoms with Crippen molar-refractivity contribution in [2.24, 2.45) is 0 Å². The molecule has 2 aromatic rings. The first-order chi connectivity index (χ1) is 8.75. The second kappa shape index (κ2) is 4.38. The van der Waals surface area contributed by atoms with Gasteiger partial charge in [0.1, 0.15) is 11.9 Å². The number of hydrogen-bond acceptors (Lipinski definition) is 4. The molecule has 1 atom stereocenters. The van der Waals surface area contributed by atoms with Crippen molar-refractivity contribution >= 4 is 0 Å². The number of aliphatic hydroxyl groups excluding tert-OH is 1. The fraction of sp³-hybridized carbons (Fsp3) is 0.286. The van der Waals surface area contributed by atoms with E-state index in [0.717, 1.165) is 28.9 Å². The van der Waals surface area contributed by atoms with Crippen molar-refractivity contribution in [1.29, 1.82) is 0 Å². The number of aromatic nitrogens is 2. The van der Waals surface area contributed by atoms with Gasteiger partial charge in [-0.1, -0.05) is 18.2 Å². The molecule has 1 aromatic heterocycles. The zero-order chi connectivity index (χ0) is 12.5. The summed E-state index contributed by atoms with van der Waals surface area (Å²) in [5, 5.41) is 10.3.